The number of methoxy groups -OCH3 is 1. The number of carbonyl (C=O) groups is 1. The van der Waals surface area contributed by atoms with Crippen LogP contribution in [0.25, 0.3) is 5.69 Å². The zero-order chi connectivity index (χ0) is 24.8. The number of ether oxygens (including phenoxy) is 2. The van der Waals surface area contributed by atoms with Crippen LogP contribution in [0.15, 0.2) is 72.8 Å². The number of hydrogen-bond donors (Lipinski definition) is 1. The van der Waals surface area contributed by atoms with Gasteiger partial charge in [-0.25, -0.2) is 9.07 Å². The molecular formula is C28H28FN3O3. The summed E-state index contributed by atoms with van der Waals surface area (Å²) in [5.74, 6) is 1.21. The van der Waals surface area contributed by atoms with Gasteiger partial charge >= 0.3 is 0 Å². The fourth-order valence-corrected chi connectivity index (χ4v) is 3.75. The van der Waals surface area contributed by atoms with E-state index in [1.165, 1.54) is 6.07 Å². The number of rotatable bonds is 9. The van der Waals surface area contributed by atoms with E-state index >= 15 is 0 Å². The lowest BCUT2D eigenvalue weighted by Crippen LogP contribution is -2.13. The van der Waals surface area contributed by atoms with E-state index in [1.807, 2.05) is 62.4 Å². The Kier molecular flexibility index (Phi) is 7.45. The number of hydrogen-bond acceptors (Lipinski definition) is 4. The van der Waals surface area contributed by atoms with Crippen LogP contribution >= 0.6 is 0 Å². The molecule has 0 aliphatic carbocycles. The Bertz CT molecular complexity index is 1300. The van der Waals surface area contributed by atoms with Crippen molar-refractivity contribution < 1.29 is 18.7 Å². The van der Waals surface area contributed by atoms with Gasteiger partial charge in [-0.3, -0.25) is 4.79 Å². The molecule has 180 valence electrons. The molecule has 1 aromatic heterocycles. The molecule has 7 heteroatoms. The third-order valence-electron chi connectivity index (χ3n) is 5.66. The van der Waals surface area contributed by atoms with E-state index in [-0.39, 0.29) is 18.0 Å². The van der Waals surface area contributed by atoms with E-state index in [0.717, 1.165) is 28.3 Å². The zero-order valence-corrected chi connectivity index (χ0v) is 20.0. The highest BCUT2D eigenvalue weighted by atomic mass is 19.1. The lowest BCUT2D eigenvalue weighted by atomic mass is 10.1. The van der Waals surface area contributed by atoms with Gasteiger partial charge in [0.15, 0.2) is 0 Å². The Morgan fingerprint density at radius 3 is 2.34 bits per heavy atom. The fraction of sp³-hybridized carbons (Fsp3) is 0.214. The average molecular weight is 474 g/mol. The number of nitrogens with one attached hydrogen (secondary N) is 1. The second kappa shape index (κ2) is 10.9. The fourth-order valence-electron chi connectivity index (χ4n) is 3.75. The van der Waals surface area contributed by atoms with Crippen molar-refractivity contribution in [2.45, 2.75) is 33.1 Å². The third-order valence-corrected chi connectivity index (χ3v) is 5.66. The third kappa shape index (κ3) is 5.69. The first-order valence-corrected chi connectivity index (χ1v) is 11.5. The molecular weight excluding hydrogens is 445 g/mol. The maximum absolute atomic E-state index is 14.0. The highest BCUT2D eigenvalue weighted by molar-refractivity contribution is 5.91. The molecule has 0 spiro atoms. The maximum Gasteiger partial charge on any atom is 0.226 e. The van der Waals surface area contributed by atoms with Crippen LogP contribution in [-0.2, 0) is 17.6 Å². The molecule has 0 saturated carbocycles. The van der Waals surface area contributed by atoms with Crippen molar-refractivity contribution in [3.05, 3.63) is 95.4 Å². The highest BCUT2D eigenvalue weighted by Crippen LogP contribution is 2.33. The minimum atomic E-state index is -0.467. The molecule has 0 unspecified atom stereocenters. The number of para-hydroxylation sites is 1. The van der Waals surface area contributed by atoms with Crippen molar-refractivity contribution >= 4 is 11.6 Å². The number of anilines is 1. The molecule has 6 nitrogen and oxygen atoms in total. The molecule has 1 amide bonds. The van der Waals surface area contributed by atoms with Gasteiger partial charge < -0.3 is 14.8 Å². The van der Waals surface area contributed by atoms with Crippen molar-refractivity contribution in [3.8, 4) is 23.1 Å². The summed E-state index contributed by atoms with van der Waals surface area (Å²) in [4.78, 5) is 12.6. The van der Waals surface area contributed by atoms with Crippen LogP contribution in [0.1, 0.15) is 30.2 Å². The van der Waals surface area contributed by atoms with Gasteiger partial charge in [0.05, 0.1) is 24.2 Å². The Balaban J connectivity index is 1.65. The molecule has 0 atom stereocenters. The maximum atomic E-state index is 14.0. The van der Waals surface area contributed by atoms with Crippen molar-refractivity contribution in [1.29, 1.82) is 0 Å². The Hall–Kier alpha value is -4.13. The lowest BCUT2D eigenvalue weighted by molar-refractivity contribution is -0.116. The Morgan fingerprint density at radius 2 is 1.69 bits per heavy atom. The first kappa shape index (κ1) is 24.0. The summed E-state index contributed by atoms with van der Waals surface area (Å²) in [7, 11) is 1.62. The van der Waals surface area contributed by atoms with Crippen LogP contribution in [0.4, 0.5) is 10.1 Å². The van der Waals surface area contributed by atoms with Gasteiger partial charge in [-0.05, 0) is 68.3 Å². The van der Waals surface area contributed by atoms with Crippen molar-refractivity contribution in [3.63, 3.8) is 0 Å². The van der Waals surface area contributed by atoms with E-state index in [0.29, 0.717) is 24.5 Å². The molecule has 0 aliphatic heterocycles. The Morgan fingerprint density at radius 1 is 1.00 bits per heavy atom. The number of nitrogens with zero attached hydrogens (tertiary/aromatic N) is 2. The van der Waals surface area contributed by atoms with Gasteiger partial charge in [-0.2, -0.15) is 5.10 Å². The largest absolute Gasteiger partial charge is 0.497 e. The van der Waals surface area contributed by atoms with Gasteiger partial charge in [0, 0.05) is 12.0 Å². The molecule has 0 radical (unpaired) electrons. The molecule has 4 rings (SSSR count). The van der Waals surface area contributed by atoms with Crippen LogP contribution in [0.5, 0.6) is 17.4 Å². The minimum absolute atomic E-state index is 0.153. The van der Waals surface area contributed by atoms with Gasteiger partial charge in [0.25, 0.3) is 0 Å². The number of aromatic nitrogens is 2. The number of benzene rings is 3. The molecule has 4 aromatic rings. The standard InChI is InChI=1S/C28H28FN3O3/c1-4-25-23(17-18-27(33)30-26-8-6-5-7-24(26)29)28(35-22-13-9-19(2)10-14-22)32(31-25)20-11-15-21(34-3)16-12-20/h5-16H,4,17-18H2,1-3H3,(H,30,33). The van der Waals surface area contributed by atoms with Crippen molar-refractivity contribution in [2.75, 3.05) is 12.4 Å². The molecule has 3 aromatic carbocycles. The Labute approximate surface area is 204 Å². The molecule has 0 saturated heterocycles. The molecule has 1 heterocycles. The summed E-state index contributed by atoms with van der Waals surface area (Å²) in [6.45, 7) is 4.03. The van der Waals surface area contributed by atoms with Gasteiger partial charge in [-0.1, -0.05) is 36.8 Å². The number of aryl methyl sites for hydroxylation is 2. The van der Waals surface area contributed by atoms with Crippen LogP contribution in [-0.4, -0.2) is 22.8 Å². The van der Waals surface area contributed by atoms with Gasteiger partial charge in [-0.15, -0.1) is 0 Å². The quantitative estimate of drug-likeness (QED) is 0.312. The predicted molar refractivity (Wildman–Crippen MR) is 134 cm³/mol. The minimum Gasteiger partial charge on any atom is -0.497 e. The lowest BCUT2D eigenvalue weighted by Gasteiger charge is -2.12. The molecule has 0 bridgehead atoms. The summed E-state index contributed by atoms with van der Waals surface area (Å²) in [6, 6.07) is 21.4. The first-order chi connectivity index (χ1) is 17.0. The molecule has 0 fully saturated rings. The number of amides is 1. The van der Waals surface area contributed by atoms with E-state index in [2.05, 4.69) is 5.32 Å². The normalized spacial score (nSPS) is 10.7. The molecule has 1 N–H and O–H groups in total. The highest BCUT2D eigenvalue weighted by Gasteiger charge is 2.21. The summed E-state index contributed by atoms with van der Waals surface area (Å²) in [6.07, 6.45) is 1.21. The van der Waals surface area contributed by atoms with Crippen molar-refractivity contribution in [2.24, 2.45) is 0 Å². The summed E-state index contributed by atoms with van der Waals surface area (Å²) in [5, 5.41) is 7.45. The van der Waals surface area contributed by atoms with Crippen LogP contribution in [0.2, 0.25) is 0 Å². The van der Waals surface area contributed by atoms with E-state index in [4.69, 9.17) is 14.6 Å². The van der Waals surface area contributed by atoms with E-state index in [9.17, 15) is 9.18 Å². The predicted octanol–water partition coefficient (Wildman–Crippen LogP) is 6.25. The topological polar surface area (TPSA) is 65.4 Å². The van der Waals surface area contributed by atoms with Crippen LogP contribution in [0.3, 0.4) is 0 Å². The molecule has 0 aliphatic rings. The molecule has 35 heavy (non-hydrogen) atoms. The summed E-state index contributed by atoms with van der Waals surface area (Å²) < 4.78 is 27.3. The number of carbonyl (C=O) groups excluding carboxylic acids is 1. The van der Waals surface area contributed by atoms with Gasteiger partial charge in [0.1, 0.15) is 17.3 Å². The monoisotopic (exact) mass is 473 g/mol. The smallest absolute Gasteiger partial charge is 0.226 e. The van der Waals surface area contributed by atoms with Crippen LogP contribution in [0, 0.1) is 12.7 Å². The SMILES string of the molecule is CCc1nn(-c2ccc(OC)cc2)c(Oc2ccc(C)cc2)c1CCC(=O)Nc1ccccc1F. The van der Waals surface area contributed by atoms with Crippen LogP contribution < -0.4 is 14.8 Å². The zero-order valence-electron chi connectivity index (χ0n) is 20.0. The van der Waals surface area contributed by atoms with Crippen molar-refractivity contribution in [1.82, 2.24) is 9.78 Å². The summed E-state index contributed by atoms with van der Waals surface area (Å²) >= 11 is 0. The number of halogens is 1. The summed E-state index contributed by atoms with van der Waals surface area (Å²) in [5.41, 5.74) is 3.78. The first-order valence-electron chi connectivity index (χ1n) is 11.5. The second-order valence-electron chi connectivity index (χ2n) is 8.14. The van der Waals surface area contributed by atoms with E-state index < -0.39 is 5.82 Å². The average Bonchev–Trinajstić information content (AvgIpc) is 3.22. The second-order valence-corrected chi connectivity index (χ2v) is 8.14. The van der Waals surface area contributed by atoms with Gasteiger partial charge in [0.2, 0.25) is 11.8 Å². The van der Waals surface area contributed by atoms with E-state index in [1.54, 1.807) is 30.0 Å².